The van der Waals surface area contributed by atoms with Gasteiger partial charge in [0.25, 0.3) is 0 Å². The highest BCUT2D eigenvalue weighted by Crippen LogP contribution is 2.10. The van der Waals surface area contributed by atoms with E-state index in [1.807, 2.05) is 18.2 Å². The van der Waals surface area contributed by atoms with Crippen LogP contribution < -0.4 is 21.9 Å². The lowest BCUT2D eigenvalue weighted by Crippen LogP contribution is -2.74. The molecule has 3 nitrogen and oxygen atoms in total. The molecule has 0 atom stereocenters. The fraction of sp³-hybridized carbons (Fsp3) is 0.132. The van der Waals surface area contributed by atoms with Gasteiger partial charge in [0.1, 0.15) is 25.8 Å². The largest absolute Gasteiger partial charge is 0.457 e. The number of benzene rings is 5. The van der Waals surface area contributed by atoms with E-state index in [1.54, 1.807) is 0 Å². The van der Waals surface area contributed by atoms with Crippen molar-refractivity contribution in [2.45, 2.75) is 6.54 Å². The van der Waals surface area contributed by atoms with Gasteiger partial charge in [0, 0.05) is 11.6 Å². The van der Waals surface area contributed by atoms with Gasteiger partial charge < -0.3 is 9.22 Å². The summed E-state index contributed by atoms with van der Waals surface area (Å²) in [5, 5.41) is 0. The minimum atomic E-state index is -1.22. The standard InChI is InChI=1S/C24H20B.C14H20NO2/c1-5-13-21(14-6-1)25(22-15-7-2-8-16-22,23-17-9-3-10-18-23)24-19-11-4-12-20-24;1-4-14(16)17-11-10-15(2,3)12-13-8-6-5-7-9-13/h1-20H;4-9H,1,10-12H2,2-3H3/q-1;+1. The predicted molar refractivity (Wildman–Crippen MR) is 178 cm³/mol. The van der Waals surface area contributed by atoms with E-state index in [2.05, 4.69) is 154 Å². The van der Waals surface area contributed by atoms with Gasteiger partial charge in [0.2, 0.25) is 0 Å². The molecule has 0 aromatic heterocycles. The molecule has 0 heterocycles. The molecule has 0 amide bonds. The first kappa shape index (κ1) is 30.3. The van der Waals surface area contributed by atoms with Crippen molar-refractivity contribution in [3.63, 3.8) is 0 Å². The van der Waals surface area contributed by atoms with Gasteiger partial charge >= 0.3 is 5.97 Å². The Morgan fingerprint density at radius 2 is 0.952 bits per heavy atom. The number of carbonyl (C=O) groups is 1. The van der Waals surface area contributed by atoms with Crippen LogP contribution in [0.25, 0.3) is 0 Å². The zero-order valence-corrected chi connectivity index (χ0v) is 24.7. The maximum atomic E-state index is 10.9. The van der Waals surface area contributed by atoms with Crippen LogP contribution in [0.15, 0.2) is 164 Å². The fourth-order valence-electron chi connectivity index (χ4n) is 5.73. The Morgan fingerprint density at radius 1 is 0.619 bits per heavy atom. The first-order valence-electron chi connectivity index (χ1n) is 14.5. The summed E-state index contributed by atoms with van der Waals surface area (Å²) in [4.78, 5) is 10.9. The van der Waals surface area contributed by atoms with Gasteiger partial charge in [-0.15, -0.1) is 0 Å². The van der Waals surface area contributed by atoms with Crippen molar-refractivity contribution in [1.82, 2.24) is 0 Å². The first-order valence-corrected chi connectivity index (χ1v) is 14.5. The van der Waals surface area contributed by atoms with Crippen LogP contribution in [0.2, 0.25) is 0 Å². The molecule has 0 bridgehead atoms. The minimum Gasteiger partial charge on any atom is -0.457 e. The van der Waals surface area contributed by atoms with E-state index in [-0.39, 0.29) is 5.97 Å². The first-order chi connectivity index (χ1) is 20.5. The molecule has 0 unspecified atom stereocenters. The summed E-state index contributed by atoms with van der Waals surface area (Å²) >= 11 is 0. The average Bonchev–Trinajstić information content (AvgIpc) is 3.04. The topological polar surface area (TPSA) is 26.3 Å². The monoisotopic (exact) mass is 553 g/mol. The Morgan fingerprint density at radius 3 is 1.29 bits per heavy atom. The lowest BCUT2D eigenvalue weighted by atomic mass is 9.13. The van der Waals surface area contributed by atoms with Crippen molar-refractivity contribution in [3.05, 3.63) is 170 Å². The summed E-state index contributed by atoms with van der Waals surface area (Å²) in [5.41, 5.74) is 6.64. The Bertz CT molecular complexity index is 1340. The number of ether oxygens (including phenoxy) is 1. The van der Waals surface area contributed by atoms with E-state index >= 15 is 0 Å². The quantitative estimate of drug-likeness (QED) is 0.105. The van der Waals surface area contributed by atoms with Crippen LogP contribution in [0.1, 0.15) is 5.56 Å². The molecule has 0 radical (unpaired) electrons. The van der Waals surface area contributed by atoms with E-state index < -0.39 is 6.15 Å². The summed E-state index contributed by atoms with van der Waals surface area (Å²) in [6.45, 7) is 5.49. The molecular weight excluding hydrogens is 513 g/mol. The zero-order chi connectivity index (χ0) is 29.7. The van der Waals surface area contributed by atoms with E-state index in [1.165, 1.54) is 33.5 Å². The number of likely N-dealkylation sites (N-methyl/N-ethyl adjacent to an activating group) is 1. The van der Waals surface area contributed by atoms with Gasteiger partial charge in [0.05, 0.1) is 14.1 Å². The third-order valence-electron chi connectivity index (χ3n) is 7.76. The molecule has 0 aliphatic rings. The molecule has 5 aromatic carbocycles. The van der Waals surface area contributed by atoms with Gasteiger partial charge in [-0.3, -0.25) is 0 Å². The van der Waals surface area contributed by atoms with Crippen molar-refractivity contribution in [2.24, 2.45) is 0 Å². The van der Waals surface area contributed by atoms with Crippen LogP contribution in [0.5, 0.6) is 0 Å². The second-order valence-electron chi connectivity index (χ2n) is 11.2. The molecule has 0 N–H and O–H groups in total. The summed E-state index contributed by atoms with van der Waals surface area (Å²) in [6, 6.07) is 53.8. The van der Waals surface area contributed by atoms with Crippen molar-refractivity contribution < 1.29 is 14.0 Å². The number of esters is 1. The Kier molecular flexibility index (Phi) is 10.7. The molecule has 0 spiro atoms. The van der Waals surface area contributed by atoms with Gasteiger partial charge in [-0.25, -0.2) is 4.79 Å². The third kappa shape index (κ3) is 7.75. The lowest BCUT2D eigenvalue weighted by molar-refractivity contribution is -0.903. The van der Waals surface area contributed by atoms with Crippen LogP contribution in [0.3, 0.4) is 0 Å². The second kappa shape index (κ2) is 14.8. The van der Waals surface area contributed by atoms with E-state index in [4.69, 9.17) is 4.74 Å². The molecule has 0 aliphatic carbocycles. The summed E-state index contributed by atoms with van der Waals surface area (Å²) in [5.74, 6) is -0.357. The maximum absolute atomic E-state index is 10.9. The molecule has 4 heteroatoms. The zero-order valence-electron chi connectivity index (χ0n) is 24.7. The normalized spacial score (nSPS) is 11.1. The number of nitrogens with zero attached hydrogens (tertiary/aromatic N) is 1. The fourth-order valence-corrected chi connectivity index (χ4v) is 5.73. The Labute approximate surface area is 251 Å². The summed E-state index contributed by atoms with van der Waals surface area (Å²) in [7, 11) is 4.24. The minimum absolute atomic E-state index is 0.357. The van der Waals surface area contributed by atoms with Crippen LogP contribution in [0, 0.1) is 0 Å². The van der Waals surface area contributed by atoms with Gasteiger partial charge in [-0.2, -0.15) is 21.9 Å². The molecule has 5 aromatic rings. The maximum Gasteiger partial charge on any atom is 0.330 e. The van der Waals surface area contributed by atoms with Crippen molar-refractivity contribution in [3.8, 4) is 0 Å². The Hall–Kier alpha value is -4.67. The highest BCUT2D eigenvalue weighted by atomic mass is 16.5. The molecule has 5 rings (SSSR count). The predicted octanol–water partition coefficient (Wildman–Crippen LogP) is 5.06. The average molecular weight is 554 g/mol. The van der Waals surface area contributed by atoms with Crippen LogP contribution in [-0.4, -0.2) is 43.8 Å². The smallest absolute Gasteiger partial charge is 0.330 e. The molecule has 0 aliphatic heterocycles. The number of hydrogen-bond donors (Lipinski definition) is 0. The van der Waals surface area contributed by atoms with Crippen molar-refractivity contribution in [2.75, 3.05) is 27.2 Å². The van der Waals surface area contributed by atoms with Crippen LogP contribution >= 0.6 is 0 Å². The highest BCUT2D eigenvalue weighted by Gasteiger charge is 2.31. The number of rotatable bonds is 10. The van der Waals surface area contributed by atoms with Crippen LogP contribution in [-0.2, 0) is 16.1 Å². The van der Waals surface area contributed by atoms with Gasteiger partial charge in [-0.05, 0) is 0 Å². The Balaban J connectivity index is 0.000000209. The molecular formula is C38H40BNO2. The highest BCUT2D eigenvalue weighted by molar-refractivity contribution is 7.19. The SMILES string of the molecule is C=CC(=O)OCC[N+](C)(C)Cc1ccccc1.c1ccc([B-](c2ccccc2)(c2ccccc2)c2ccccc2)cc1. The molecule has 0 saturated heterocycles. The molecule has 0 fully saturated rings. The van der Waals surface area contributed by atoms with E-state index in [0.717, 1.165) is 17.6 Å². The van der Waals surface area contributed by atoms with E-state index in [9.17, 15) is 4.79 Å². The van der Waals surface area contributed by atoms with Gasteiger partial charge in [0.15, 0.2) is 0 Å². The number of hydrogen-bond acceptors (Lipinski definition) is 2. The molecule has 0 saturated carbocycles. The second-order valence-corrected chi connectivity index (χ2v) is 11.2. The van der Waals surface area contributed by atoms with Crippen molar-refractivity contribution in [1.29, 1.82) is 0 Å². The molecule has 42 heavy (non-hydrogen) atoms. The third-order valence-corrected chi connectivity index (χ3v) is 7.76. The number of carbonyl (C=O) groups excluding carboxylic acids is 1. The van der Waals surface area contributed by atoms with E-state index in [0.29, 0.717) is 6.61 Å². The molecule has 212 valence electrons. The summed E-state index contributed by atoms with van der Waals surface area (Å²) in [6.07, 6.45) is -0.0239. The van der Waals surface area contributed by atoms with Gasteiger partial charge in [-0.1, -0.05) is 158 Å². The lowest BCUT2D eigenvalue weighted by Gasteiger charge is -2.44. The van der Waals surface area contributed by atoms with Crippen LogP contribution in [0.4, 0.5) is 0 Å². The summed E-state index contributed by atoms with van der Waals surface area (Å²) < 4.78 is 5.78. The van der Waals surface area contributed by atoms with Crippen molar-refractivity contribution >= 4 is 34.0 Å². The number of quaternary nitrogens is 1.